The monoisotopic (exact) mass is 771 g/mol. The Kier molecular flexibility index (Phi) is 17.9. The number of nitrogens with one attached hydrogen (secondary N) is 7. The smallest absolute Gasteiger partial charge is 0.243 e. The second-order valence-corrected chi connectivity index (χ2v) is 14.7. The van der Waals surface area contributed by atoms with Gasteiger partial charge in [-0.15, -0.1) is 0 Å². The van der Waals surface area contributed by atoms with Gasteiger partial charge in [0.05, 0.1) is 12.4 Å². The first-order chi connectivity index (χ1) is 25.7. The molecule has 0 fully saturated rings. The Morgan fingerprint density at radius 2 is 1.52 bits per heavy atom. The first-order valence-electron chi connectivity index (χ1n) is 18.2. The number of thioether (sulfide) groups is 1. The standard InChI is InChI=1S/C36H57N11O6S/c1-20(2)30(47-32(49)25(38)12-14-54-4)36(53)46-29(16-23-18-40-19-42-23)35(52)45-28(15-22-17-41-26-10-6-5-9-24(22)26)34(51)44-27(11-7-8-13-37)33(50)43-21(3)31(39)48/h5-6,9-10,17-21,25,27-30,32,41,47,49H,7-8,11-16,37-38H2,1-4H3,(H2,39,48)(H,40,42)(H,43,50)(H,44,51)(H,45,52)(H,46,53)/t21-,25-,27-,28-,29-,30-,32?/m0/s1. The van der Waals surface area contributed by atoms with Gasteiger partial charge in [0.15, 0.2) is 0 Å². The summed E-state index contributed by atoms with van der Waals surface area (Å²) in [6.45, 7) is 5.41. The second-order valence-electron chi connectivity index (χ2n) is 13.7. The average Bonchev–Trinajstić information content (AvgIpc) is 3.81. The van der Waals surface area contributed by atoms with E-state index in [9.17, 15) is 29.1 Å². The van der Waals surface area contributed by atoms with Crippen LogP contribution in [0.5, 0.6) is 0 Å². The van der Waals surface area contributed by atoms with Crippen molar-refractivity contribution in [3.05, 3.63) is 54.2 Å². The van der Waals surface area contributed by atoms with Crippen LogP contribution in [0.1, 0.15) is 57.7 Å². The van der Waals surface area contributed by atoms with E-state index in [-0.39, 0.29) is 25.2 Å². The summed E-state index contributed by atoms with van der Waals surface area (Å²) >= 11 is 1.59. The Hall–Kier alpha value is -4.49. The molecule has 298 valence electrons. The summed E-state index contributed by atoms with van der Waals surface area (Å²) in [5.74, 6) is -2.83. The first-order valence-corrected chi connectivity index (χ1v) is 19.6. The van der Waals surface area contributed by atoms with E-state index in [1.54, 1.807) is 31.8 Å². The molecule has 18 heteroatoms. The Morgan fingerprint density at radius 3 is 2.15 bits per heavy atom. The molecule has 3 aromatic rings. The third kappa shape index (κ3) is 13.4. The van der Waals surface area contributed by atoms with E-state index < -0.39 is 72.0 Å². The third-order valence-electron chi connectivity index (χ3n) is 9.07. The number of aliphatic hydroxyl groups is 1. The number of nitrogens with two attached hydrogens (primary N) is 3. The minimum absolute atomic E-state index is 0.00523. The zero-order valence-corrected chi connectivity index (χ0v) is 32.2. The van der Waals surface area contributed by atoms with E-state index in [2.05, 4.69) is 41.5 Å². The number of hydrogen-bond acceptors (Lipinski definition) is 11. The number of H-pyrrole nitrogens is 2. The molecule has 1 unspecified atom stereocenters. The molecule has 0 bridgehead atoms. The molecule has 0 spiro atoms. The number of benzene rings is 1. The van der Waals surface area contributed by atoms with Crippen LogP contribution in [0.4, 0.5) is 0 Å². The van der Waals surface area contributed by atoms with E-state index in [0.29, 0.717) is 31.5 Å². The van der Waals surface area contributed by atoms with Gasteiger partial charge in [-0.05, 0) is 68.7 Å². The van der Waals surface area contributed by atoms with Gasteiger partial charge in [0.1, 0.15) is 30.4 Å². The fourth-order valence-electron chi connectivity index (χ4n) is 5.80. The van der Waals surface area contributed by atoms with Gasteiger partial charge in [0, 0.05) is 47.9 Å². The van der Waals surface area contributed by atoms with E-state index >= 15 is 0 Å². The molecule has 0 saturated carbocycles. The fourth-order valence-corrected chi connectivity index (χ4v) is 6.31. The molecule has 0 saturated heterocycles. The highest BCUT2D eigenvalue weighted by Crippen LogP contribution is 2.20. The molecule has 14 N–H and O–H groups in total. The number of aromatic nitrogens is 3. The van der Waals surface area contributed by atoms with Gasteiger partial charge in [-0.25, -0.2) is 4.98 Å². The molecule has 0 aliphatic carbocycles. The maximum Gasteiger partial charge on any atom is 0.243 e. The zero-order valence-electron chi connectivity index (χ0n) is 31.4. The quantitative estimate of drug-likeness (QED) is 0.0399. The lowest BCUT2D eigenvalue weighted by Gasteiger charge is -2.30. The van der Waals surface area contributed by atoms with E-state index in [1.807, 2.05) is 30.5 Å². The Morgan fingerprint density at radius 1 is 0.870 bits per heavy atom. The van der Waals surface area contributed by atoms with Crippen LogP contribution in [0, 0.1) is 5.92 Å². The SMILES string of the molecule is CSCC[C@H](N)C(O)N[C@H](C(=O)N[C@@H](Cc1cnc[nH]1)C(=O)N[C@@H](Cc1c[nH]c2ccccc12)C(=O)N[C@@H](CCCCN)C(=O)N[C@@H](C)C(N)=O)C(C)C. The second kappa shape index (κ2) is 22.0. The topological polar surface area (TPSA) is 288 Å². The van der Waals surface area contributed by atoms with E-state index in [0.717, 1.165) is 22.2 Å². The van der Waals surface area contributed by atoms with Crippen LogP contribution in [0.25, 0.3) is 10.9 Å². The summed E-state index contributed by atoms with van der Waals surface area (Å²) in [6.07, 6.45) is 7.30. The van der Waals surface area contributed by atoms with Gasteiger partial charge in [0.25, 0.3) is 0 Å². The van der Waals surface area contributed by atoms with Gasteiger partial charge in [0.2, 0.25) is 29.5 Å². The molecule has 0 radical (unpaired) electrons. The lowest BCUT2D eigenvalue weighted by molar-refractivity contribution is -0.135. The molecule has 54 heavy (non-hydrogen) atoms. The maximum absolute atomic E-state index is 14.2. The van der Waals surface area contributed by atoms with Crippen LogP contribution in [0.15, 0.2) is 43.0 Å². The molecule has 17 nitrogen and oxygen atoms in total. The highest BCUT2D eigenvalue weighted by atomic mass is 32.2. The van der Waals surface area contributed by atoms with Gasteiger partial charge < -0.3 is 53.5 Å². The molecule has 2 heterocycles. The minimum Gasteiger partial charge on any atom is -0.377 e. The van der Waals surface area contributed by atoms with Crippen molar-refractivity contribution in [2.45, 2.75) is 102 Å². The van der Waals surface area contributed by atoms with Crippen LogP contribution in [-0.2, 0) is 36.8 Å². The number of aliphatic hydroxyl groups excluding tert-OH is 1. The number of amides is 5. The molecule has 5 amide bonds. The number of fused-ring (bicyclic) bond motifs is 1. The highest BCUT2D eigenvalue weighted by molar-refractivity contribution is 7.98. The number of hydrogen-bond donors (Lipinski definition) is 11. The predicted octanol–water partition coefficient (Wildman–Crippen LogP) is -0.737. The average molecular weight is 772 g/mol. The zero-order chi connectivity index (χ0) is 39.8. The first kappa shape index (κ1) is 43.9. The number of imidazole rings is 1. The summed E-state index contributed by atoms with van der Waals surface area (Å²) in [5.41, 5.74) is 19.3. The number of carbonyl (C=O) groups is 5. The number of rotatable bonds is 24. The summed E-state index contributed by atoms with van der Waals surface area (Å²) in [7, 11) is 0. The Labute approximate surface area is 319 Å². The Balaban J connectivity index is 1.92. The predicted molar refractivity (Wildman–Crippen MR) is 209 cm³/mol. The summed E-state index contributed by atoms with van der Waals surface area (Å²) in [4.78, 5) is 77.3. The van der Waals surface area contributed by atoms with E-state index in [1.165, 1.54) is 19.4 Å². The number of para-hydroxylation sites is 1. The molecular weight excluding hydrogens is 715 g/mol. The van der Waals surface area contributed by atoms with Crippen molar-refractivity contribution in [1.29, 1.82) is 0 Å². The van der Waals surface area contributed by atoms with Crippen molar-refractivity contribution in [1.82, 2.24) is 41.5 Å². The molecule has 3 rings (SSSR count). The third-order valence-corrected chi connectivity index (χ3v) is 9.71. The molecule has 0 aliphatic heterocycles. The summed E-state index contributed by atoms with van der Waals surface area (Å²) < 4.78 is 0. The lowest BCUT2D eigenvalue weighted by atomic mass is 10.00. The van der Waals surface area contributed by atoms with Crippen LogP contribution in [0.2, 0.25) is 0 Å². The van der Waals surface area contributed by atoms with Crippen LogP contribution < -0.4 is 43.8 Å². The number of nitrogens with zero attached hydrogens (tertiary/aromatic N) is 1. The molecular formula is C36H57N11O6S. The van der Waals surface area contributed by atoms with Crippen molar-refractivity contribution < 1.29 is 29.1 Å². The van der Waals surface area contributed by atoms with Gasteiger partial charge in [-0.1, -0.05) is 32.0 Å². The molecule has 7 atom stereocenters. The summed E-state index contributed by atoms with van der Waals surface area (Å²) in [6, 6.07) is 1.47. The summed E-state index contributed by atoms with van der Waals surface area (Å²) in [5, 5.41) is 25.5. The molecule has 1 aromatic carbocycles. The largest absolute Gasteiger partial charge is 0.377 e. The van der Waals surface area contributed by atoms with Crippen LogP contribution in [0.3, 0.4) is 0 Å². The number of carbonyl (C=O) groups excluding carboxylic acids is 5. The Bertz CT molecular complexity index is 1650. The van der Waals surface area contributed by atoms with Crippen LogP contribution >= 0.6 is 11.8 Å². The maximum atomic E-state index is 14.2. The normalized spacial score (nSPS) is 15.4. The highest BCUT2D eigenvalue weighted by Gasteiger charge is 2.34. The number of primary amides is 1. The van der Waals surface area contributed by atoms with Crippen LogP contribution in [-0.4, -0.2) is 111 Å². The molecule has 0 aliphatic rings. The fraction of sp³-hybridized carbons (Fsp3) is 0.556. The molecule has 2 aromatic heterocycles. The van der Waals surface area contributed by atoms with Crippen molar-refractivity contribution in [2.75, 3.05) is 18.6 Å². The number of unbranched alkanes of at least 4 members (excludes halogenated alkanes) is 1. The van der Waals surface area contributed by atoms with Gasteiger partial charge in [-0.2, -0.15) is 11.8 Å². The van der Waals surface area contributed by atoms with Crippen molar-refractivity contribution >= 4 is 52.2 Å². The van der Waals surface area contributed by atoms with Crippen molar-refractivity contribution in [3.8, 4) is 0 Å². The van der Waals surface area contributed by atoms with Crippen molar-refractivity contribution in [3.63, 3.8) is 0 Å². The minimum atomic E-state index is -1.22. The number of aromatic amines is 2. The van der Waals surface area contributed by atoms with Crippen molar-refractivity contribution in [2.24, 2.45) is 23.1 Å². The lowest BCUT2D eigenvalue weighted by Crippen LogP contribution is -2.61. The van der Waals surface area contributed by atoms with Gasteiger partial charge >= 0.3 is 0 Å². The van der Waals surface area contributed by atoms with Gasteiger partial charge in [-0.3, -0.25) is 29.3 Å². The van der Waals surface area contributed by atoms with E-state index in [4.69, 9.17) is 17.2 Å².